The molecule has 11 heteroatoms. The number of benzene rings is 2. The number of nitrogens with zero attached hydrogens (tertiary/aromatic N) is 1. The lowest BCUT2D eigenvalue weighted by Crippen LogP contribution is -2.40. The van der Waals surface area contributed by atoms with Crippen molar-refractivity contribution in [1.82, 2.24) is 0 Å². The number of nitrogens with one attached hydrogen (secondary N) is 1. The second-order valence-corrected chi connectivity index (χ2v) is 11.2. The van der Waals surface area contributed by atoms with Gasteiger partial charge in [0.05, 0.1) is 43.2 Å². The Labute approximate surface area is 256 Å². The van der Waals surface area contributed by atoms with E-state index in [1.165, 1.54) is 6.07 Å². The topological polar surface area (TPSA) is 124 Å². The molecule has 0 spiro atoms. The minimum atomic E-state index is -0.621. The Hall–Kier alpha value is -3.28. The molecule has 2 aromatic rings. The van der Waals surface area contributed by atoms with Crippen LogP contribution in [0.15, 0.2) is 48.2 Å². The first-order valence-corrected chi connectivity index (χ1v) is 14.9. The number of aliphatic hydroxyl groups excluding tert-OH is 1. The number of imide groups is 1. The van der Waals surface area contributed by atoms with E-state index in [1.54, 1.807) is 37.3 Å². The van der Waals surface area contributed by atoms with Crippen LogP contribution in [-0.4, -0.2) is 68.8 Å². The number of allylic oxidation sites excluding steroid dienone is 1. The van der Waals surface area contributed by atoms with Gasteiger partial charge < -0.3 is 29.4 Å². The Morgan fingerprint density at radius 1 is 1.05 bits per heavy atom. The van der Waals surface area contributed by atoms with Crippen molar-refractivity contribution >= 4 is 40.7 Å². The molecule has 2 aromatic carbocycles. The molecule has 0 aliphatic carbocycles. The summed E-state index contributed by atoms with van der Waals surface area (Å²) in [6, 6.07) is 9.60. The van der Waals surface area contributed by atoms with Gasteiger partial charge in [0, 0.05) is 29.8 Å². The van der Waals surface area contributed by atoms with E-state index in [1.807, 2.05) is 13.0 Å². The van der Waals surface area contributed by atoms with E-state index >= 15 is 0 Å². The third kappa shape index (κ3) is 7.63. The highest BCUT2D eigenvalue weighted by Crippen LogP contribution is 2.37. The fourth-order valence-corrected chi connectivity index (χ4v) is 5.58. The van der Waals surface area contributed by atoms with Crippen LogP contribution in [0.2, 0.25) is 5.02 Å². The highest BCUT2D eigenvalue weighted by Gasteiger charge is 2.39. The first-order chi connectivity index (χ1) is 20.7. The Morgan fingerprint density at radius 2 is 1.77 bits per heavy atom. The standard InChI is InChI=1S/C32H39ClN2O8/c1-5-42-32-24(10-12-40-14-15-41-13-11-36)25(19(2)3)18-28(43-32)29(37)34-22-7-9-27(20(4)16-22)35-30(38)23-8-6-21(33)17-26(23)31(35)39/h6-9,16-19,24-25,32,36H,5,10-15H2,1-4H3,(H,34,37)/t24-,25+,32+/m0/s1. The van der Waals surface area contributed by atoms with Gasteiger partial charge in [-0.15, -0.1) is 0 Å². The lowest BCUT2D eigenvalue weighted by molar-refractivity contribution is -0.175. The molecular formula is C32H39ClN2O8. The van der Waals surface area contributed by atoms with Crippen LogP contribution in [0, 0.1) is 24.7 Å². The largest absolute Gasteiger partial charge is 0.459 e. The highest BCUT2D eigenvalue weighted by molar-refractivity contribution is 6.37. The maximum absolute atomic E-state index is 13.4. The van der Waals surface area contributed by atoms with Gasteiger partial charge in [0.15, 0.2) is 5.76 Å². The van der Waals surface area contributed by atoms with E-state index in [0.29, 0.717) is 60.4 Å². The Morgan fingerprint density at radius 3 is 2.44 bits per heavy atom. The number of hydrogen-bond acceptors (Lipinski definition) is 8. The SMILES string of the molecule is CCO[C@@H]1OC(C(=O)Nc2ccc(N3C(=O)c4ccc(Cl)cc4C3=O)c(C)c2)=C[C@H](C(C)C)[C@@H]1CCOCCOCCO. The number of anilines is 2. The van der Waals surface area contributed by atoms with Crippen molar-refractivity contribution < 1.29 is 38.4 Å². The number of ether oxygens (including phenoxy) is 4. The second-order valence-electron chi connectivity index (χ2n) is 10.8. The number of carbonyl (C=O) groups excluding carboxylic acids is 3. The monoisotopic (exact) mass is 614 g/mol. The van der Waals surface area contributed by atoms with Crippen LogP contribution < -0.4 is 10.2 Å². The summed E-state index contributed by atoms with van der Waals surface area (Å²) in [5, 5.41) is 12.1. The molecule has 0 bridgehead atoms. The number of hydrogen-bond donors (Lipinski definition) is 2. The molecule has 0 aromatic heterocycles. The van der Waals surface area contributed by atoms with E-state index in [9.17, 15) is 14.4 Å². The fourth-order valence-electron chi connectivity index (χ4n) is 5.41. The molecule has 4 rings (SSSR count). The summed E-state index contributed by atoms with van der Waals surface area (Å²) in [6.45, 7) is 9.81. The molecule has 0 radical (unpaired) electrons. The van der Waals surface area contributed by atoms with Gasteiger partial charge in [0.2, 0.25) is 6.29 Å². The molecule has 3 atom stereocenters. The van der Waals surface area contributed by atoms with Gasteiger partial charge in [-0.2, -0.15) is 0 Å². The number of amides is 3. The van der Waals surface area contributed by atoms with Crippen molar-refractivity contribution in [2.24, 2.45) is 17.8 Å². The number of rotatable bonds is 14. The van der Waals surface area contributed by atoms with Gasteiger partial charge >= 0.3 is 0 Å². The first kappa shape index (κ1) is 32.6. The van der Waals surface area contributed by atoms with Gasteiger partial charge in [0.1, 0.15) is 0 Å². The summed E-state index contributed by atoms with van der Waals surface area (Å²) in [6.07, 6.45) is 1.91. The molecule has 2 heterocycles. The van der Waals surface area contributed by atoms with E-state index in [4.69, 9.17) is 35.7 Å². The summed E-state index contributed by atoms with van der Waals surface area (Å²) in [5.74, 6) is -0.922. The number of carbonyl (C=O) groups is 3. The minimum Gasteiger partial charge on any atom is -0.459 e. The first-order valence-electron chi connectivity index (χ1n) is 14.5. The number of halogens is 1. The average Bonchev–Trinajstić information content (AvgIpc) is 3.21. The molecule has 0 saturated heterocycles. The second kappa shape index (κ2) is 14.9. The predicted octanol–water partition coefficient (Wildman–Crippen LogP) is 4.97. The zero-order chi connectivity index (χ0) is 31.1. The van der Waals surface area contributed by atoms with Crippen LogP contribution in [0.4, 0.5) is 11.4 Å². The highest BCUT2D eigenvalue weighted by atomic mass is 35.5. The van der Waals surface area contributed by atoms with Crippen LogP contribution in [0.3, 0.4) is 0 Å². The lowest BCUT2D eigenvalue weighted by atomic mass is 9.79. The predicted molar refractivity (Wildman–Crippen MR) is 162 cm³/mol. The fraction of sp³-hybridized carbons (Fsp3) is 0.469. The summed E-state index contributed by atoms with van der Waals surface area (Å²) in [7, 11) is 0. The van der Waals surface area contributed by atoms with E-state index in [0.717, 1.165) is 4.90 Å². The third-order valence-electron chi connectivity index (χ3n) is 7.50. The molecule has 0 saturated carbocycles. The molecule has 2 aliphatic rings. The summed E-state index contributed by atoms with van der Waals surface area (Å²) >= 11 is 6.04. The molecule has 2 N–H and O–H groups in total. The zero-order valence-electron chi connectivity index (χ0n) is 24.9. The van der Waals surface area contributed by atoms with Crippen LogP contribution in [-0.2, 0) is 23.7 Å². The van der Waals surface area contributed by atoms with Crippen LogP contribution in [0.1, 0.15) is 53.5 Å². The third-order valence-corrected chi connectivity index (χ3v) is 7.74. The average molecular weight is 615 g/mol. The zero-order valence-corrected chi connectivity index (χ0v) is 25.7. The number of aliphatic hydroxyl groups is 1. The van der Waals surface area contributed by atoms with Crippen LogP contribution >= 0.6 is 11.6 Å². The molecule has 43 heavy (non-hydrogen) atoms. The van der Waals surface area contributed by atoms with E-state index in [-0.39, 0.29) is 42.3 Å². The summed E-state index contributed by atoms with van der Waals surface area (Å²) < 4.78 is 23.0. The van der Waals surface area contributed by atoms with Gasteiger partial charge in [0.25, 0.3) is 17.7 Å². The molecule has 0 unspecified atom stereocenters. The van der Waals surface area contributed by atoms with Gasteiger partial charge in [-0.05, 0) is 80.1 Å². The van der Waals surface area contributed by atoms with Crippen molar-refractivity contribution in [3.8, 4) is 0 Å². The molecule has 2 aliphatic heterocycles. The quantitative estimate of drug-likeness (QED) is 0.226. The smallest absolute Gasteiger partial charge is 0.290 e. The lowest BCUT2D eigenvalue weighted by Gasteiger charge is -2.38. The number of fused-ring (bicyclic) bond motifs is 1. The van der Waals surface area contributed by atoms with Crippen molar-refractivity contribution in [2.75, 3.05) is 49.9 Å². The molecule has 232 valence electrons. The summed E-state index contributed by atoms with van der Waals surface area (Å²) in [4.78, 5) is 40.5. The molecule has 3 amide bonds. The Kier molecular flexibility index (Phi) is 11.3. The Balaban J connectivity index is 1.45. The van der Waals surface area contributed by atoms with Crippen molar-refractivity contribution in [3.63, 3.8) is 0 Å². The van der Waals surface area contributed by atoms with Crippen LogP contribution in [0.5, 0.6) is 0 Å². The van der Waals surface area contributed by atoms with E-state index in [2.05, 4.69) is 19.2 Å². The van der Waals surface area contributed by atoms with Crippen LogP contribution in [0.25, 0.3) is 0 Å². The maximum atomic E-state index is 13.4. The molecule has 10 nitrogen and oxygen atoms in total. The van der Waals surface area contributed by atoms with E-state index < -0.39 is 24.0 Å². The van der Waals surface area contributed by atoms with Crippen molar-refractivity contribution in [1.29, 1.82) is 0 Å². The maximum Gasteiger partial charge on any atom is 0.290 e. The Bertz CT molecular complexity index is 1360. The van der Waals surface area contributed by atoms with Gasteiger partial charge in [-0.1, -0.05) is 25.4 Å². The van der Waals surface area contributed by atoms with Crippen molar-refractivity contribution in [2.45, 2.75) is 40.4 Å². The number of aryl methyl sites for hydroxylation is 1. The normalized spacial score (nSPS) is 19.8. The van der Waals surface area contributed by atoms with Crippen molar-refractivity contribution in [3.05, 3.63) is 69.9 Å². The van der Waals surface area contributed by atoms with Gasteiger partial charge in [-0.3, -0.25) is 14.4 Å². The minimum absolute atomic E-state index is 0.00623. The summed E-state index contributed by atoms with van der Waals surface area (Å²) in [5.41, 5.74) is 2.10. The molecule has 0 fully saturated rings. The molecular weight excluding hydrogens is 576 g/mol. The van der Waals surface area contributed by atoms with Gasteiger partial charge in [-0.25, -0.2) is 4.90 Å².